The highest BCUT2D eigenvalue weighted by molar-refractivity contribution is 7.80. The van der Waals surface area contributed by atoms with Gasteiger partial charge in [-0.2, -0.15) is 5.10 Å². The largest absolute Gasteiger partial charge is 0.358 e. The molecular formula is C17H20N4S. The van der Waals surface area contributed by atoms with E-state index in [1.165, 1.54) is 19.3 Å². The van der Waals surface area contributed by atoms with Crippen LogP contribution in [0, 0.1) is 23.7 Å². The van der Waals surface area contributed by atoms with Gasteiger partial charge in [0, 0.05) is 12.2 Å². The molecule has 3 aliphatic rings. The molecule has 114 valence electrons. The molecule has 2 bridgehead atoms. The Kier molecular flexibility index (Phi) is 3.66. The lowest BCUT2D eigenvalue weighted by Gasteiger charge is -2.32. The first kappa shape index (κ1) is 13.9. The van der Waals surface area contributed by atoms with Gasteiger partial charge in [-0.25, -0.2) is 0 Å². The third kappa shape index (κ3) is 2.54. The van der Waals surface area contributed by atoms with Gasteiger partial charge < -0.3 is 5.32 Å². The van der Waals surface area contributed by atoms with Gasteiger partial charge in [-0.15, -0.1) is 0 Å². The van der Waals surface area contributed by atoms with Crippen LogP contribution in [-0.4, -0.2) is 22.4 Å². The lowest BCUT2D eigenvalue weighted by atomic mass is 9.79. The van der Waals surface area contributed by atoms with E-state index >= 15 is 0 Å². The predicted octanol–water partition coefficient (Wildman–Crippen LogP) is 2.48. The Labute approximate surface area is 136 Å². The van der Waals surface area contributed by atoms with Crippen molar-refractivity contribution < 1.29 is 0 Å². The molecule has 22 heavy (non-hydrogen) atoms. The van der Waals surface area contributed by atoms with Crippen LogP contribution < -0.4 is 10.7 Å². The summed E-state index contributed by atoms with van der Waals surface area (Å²) in [5, 5.41) is 8.23. The monoisotopic (exact) mass is 312 g/mol. The van der Waals surface area contributed by atoms with Crippen molar-refractivity contribution in [3.8, 4) is 0 Å². The number of fused-ring (bicyclic) bond motifs is 5. The lowest BCUT2D eigenvalue weighted by Crippen LogP contribution is -2.45. The molecule has 0 radical (unpaired) electrons. The minimum Gasteiger partial charge on any atom is -0.358 e. The van der Waals surface area contributed by atoms with Crippen molar-refractivity contribution >= 4 is 23.5 Å². The van der Waals surface area contributed by atoms with E-state index in [2.05, 4.69) is 33.0 Å². The number of nitrogens with one attached hydrogen (secondary N) is 2. The van der Waals surface area contributed by atoms with E-state index in [1.54, 1.807) is 12.4 Å². The van der Waals surface area contributed by atoms with Crippen LogP contribution in [0.5, 0.6) is 0 Å². The van der Waals surface area contributed by atoms with Crippen molar-refractivity contribution in [1.82, 2.24) is 15.7 Å². The molecule has 5 heteroatoms. The summed E-state index contributed by atoms with van der Waals surface area (Å²) in [6.07, 6.45) is 12.1. The summed E-state index contributed by atoms with van der Waals surface area (Å²) in [4.78, 5) is 4.19. The Balaban J connectivity index is 1.30. The number of rotatable bonds is 3. The molecule has 1 heterocycles. The number of aromatic nitrogens is 1. The van der Waals surface area contributed by atoms with Crippen LogP contribution in [0.25, 0.3) is 0 Å². The third-order valence-corrected chi connectivity index (χ3v) is 5.59. The smallest absolute Gasteiger partial charge is 0.187 e. The first-order valence-corrected chi connectivity index (χ1v) is 8.39. The Morgan fingerprint density at radius 1 is 1.32 bits per heavy atom. The Bertz CT molecular complexity index is 612. The van der Waals surface area contributed by atoms with Gasteiger partial charge in [-0.05, 0) is 67.3 Å². The Hall–Kier alpha value is -1.75. The molecular weight excluding hydrogens is 292 g/mol. The first-order valence-electron chi connectivity index (χ1n) is 7.98. The summed E-state index contributed by atoms with van der Waals surface area (Å²) >= 11 is 5.37. The van der Waals surface area contributed by atoms with E-state index in [1.807, 2.05) is 18.2 Å². The summed E-state index contributed by atoms with van der Waals surface area (Å²) in [7, 11) is 0. The SMILES string of the molecule is S=C(N/N=C\c1ccccn1)N[C@@H]1C[C@@H]2C[C@H]1[C@H]1C=CC[C@H]21. The zero-order valence-corrected chi connectivity index (χ0v) is 13.2. The van der Waals surface area contributed by atoms with Gasteiger partial charge >= 0.3 is 0 Å². The van der Waals surface area contributed by atoms with Crippen LogP contribution in [0.1, 0.15) is 25.0 Å². The highest BCUT2D eigenvalue weighted by atomic mass is 32.1. The second-order valence-electron chi connectivity index (χ2n) is 6.50. The summed E-state index contributed by atoms with van der Waals surface area (Å²) < 4.78 is 0. The van der Waals surface area contributed by atoms with Gasteiger partial charge in [0.1, 0.15) is 0 Å². The lowest BCUT2D eigenvalue weighted by molar-refractivity contribution is 0.246. The van der Waals surface area contributed by atoms with Crippen molar-refractivity contribution in [2.45, 2.75) is 25.3 Å². The number of hydrogen-bond acceptors (Lipinski definition) is 3. The molecule has 1 aromatic rings. The summed E-state index contributed by atoms with van der Waals surface area (Å²) in [5.41, 5.74) is 3.73. The van der Waals surface area contributed by atoms with E-state index in [0.29, 0.717) is 11.2 Å². The molecule has 3 aliphatic carbocycles. The van der Waals surface area contributed by atoms with Crippen molar-refractivity contribution in [2.75, 3.05) is 0 Å². The molecule has 0 aromatic carbocycles. The molecule has 1 aromatic heterocycles. The maximum Gasteiger partial charge on any atom is 0.187 e. The average molecular weight is 312 g/mol. The van der Waals surface area contributed by atoms with Crippen LogP contribution in [0.15, 0.2) is 41.6 Å². The normalized spacial score (nSPS) is 35.0. The minimum absolute atomic E-state index is 0.499. The zero-order chi connectivity index (χ0) is 14.9. The number of pyridine rings is 1. The maximum absolute atomic E-state index is 5.37. The van der Waals surface area contributed by atoms with Crippen LogP contribution in [-0.2, 0) is 0 Å². The molecule has 5 atom stereocenters. The van der Waals surface area contributed by atoms with Crippen molar-refractivity contribution in [2.24, 2.45) is 28.8 Å². The number of thiocarbonyl (C=S) groups is 1. The predicted molar refractivity (Wildman–Crippen MR) is 91.4 cm³/mol. The highest BCUT2D eigenvalue weighted by Crippen LogP contribution is 2.56. The first-order chi connectivity index (χ1) is 10.8. The maximum atomic E-state index is 5.37. The number of nitrogens with zero attached hydrogens (tertiary/aromatic N) is 2. The molecule has 0 saturated heterocycles. The molecule has 4 nitrogen and oxygen atoms in total. The van der Waals surface area contributed by atoms with E-state index in [-0.39, 0.29) is 0 Å². The Morgan fingerprint density at radius 2 is 2.27 bits per heavy atom. The fourth-order valence-corrected chi connectivity index (χ4v) is 4.73. The molecule has 0 amide bonds. The number of allylic oxidation sites excluding steroid dienone is 2. The molecule has 0 spiro atoms. The molecule has 0 aliphatic heterocycles. The molecule has 2 saturated carbocycles. The van der Waals surface area contributed by atoms with E-state index in [0.717, 1.165) is 29.4 Å². The zero-order valence-electron chi connectivity index (χ0n) is 12.4. The molecule has 4 rings (SSSR count). The summed E-state index contributed by atoms with van der Waals surface area (Å²) in [6, 6.07) is 6.23. The van der Waals surface area contributed by atoms with Gasteiger partial charge in [0.05, 0.1) is 11.9 Å². The van der Waals surface area contributed by atoms with Gasteiger partial charge in [-0.1, -0.05) is 18.2 Å². The quantitative estimate of drug-likeness (QED) is 0.390. The fraction of sp³-hybridized carbons (Fsp3) is 0.471. The van der Waals surface area contributed by atoms with Gasteiger partial charge in [0.15, 0.2) is 5.11 Å². The van der Waals surface area contributed by atoms with Crippen LogP contribution in [0.2, 0.25) is 0 Å². The fourth-order valence-electron chi connectivity index (χ4n) is 4.52. The minimum atomic E-state index is 0.499. The Morgan fingerprint density at radius 3 is 3.14 bits per heavy atom. The van der Waals surface area contributed by atoms with Gasteiger partial charge in [0.25, 0.3) is 0 Å². The second kappa shape index (κ2) is 5.80. The van der Waals surface area contributed by atoms with Crippen molar-refractivity contribution in [3.63, 3.8) is 0 Å². The van der Waals surface area contributed by atoms with E-state index in [9.17, 15) is 0 Å². The molecule has 2 fully saturated rings. The summed E-state index contributed by atoms with van der Waals surface area (Å²) in [6.45, 7) is 0. The van der Waals surface area contributed by atoms with Crippen LogP contribution >= 0.6 is 12.2 Å². The van der Waals surface area contributed by atoms with Gasteiger partial charge in [0.2, 0.25) is 0 Å². The second-order valence-corrected chi connectivity index (χ2v) is 6.91. The topological polar surface area (TPSA) is 49.3 Å². The average Bonchev–Trinajstić information content (AvgIpc) is 3.20. The van der Waals surface area contributed by atoms with E-state index in [4.69, 9.17) is 12.2 Å². The summed E-state index contributed by atoms with van der Waals surface area (Å²) in [5.74, 6) is 3.30. The number of hydrazone groups is 1. The van der Waals surface area contributed by atoms with Crippen LogP contribution in [0.4, 0.5) is 0 Å². The molecule has 2 N–H and O–H groups in total. The van der Waals surface area contributed by atoms with E-state index < -0.39 is 0 Å². The van der Waals surface area contributed by atoms with Gasteiger partial charge in [-0.3, -0.25) is 10.4 Å². The third-order valence-electron chi connectivity index (χ3n) is 5.38. The highest BCUT2D eigenvalue weighted by Gasteiger charge is 2.52. The molecule has 0 unspecified atom stereocenters. The standard InChI is InChI=1S/C17H20N4S/c22-17(21-19-10-12-4-1-2-7-18-12)20-16-9-11-8-15(16)14-6-3-5-13(11)14/h1-4,6-7,10-11,13-16H,5,8-9H2,(H2,20,21,22)/b19-10-/t11-,13+,14-,15-,16+/m0/s1. The van der Waals surface area contributed by atoms with Crippen molar-refractivity contribution in [1.29, 1.82) is 0 Å². The van der Waals surface area contributed by atoms with Crippen molar-refractivity contribution in [3.05, 3.63) is 42.2 Å². The van der Waals surface area contributed by atoms with Crippen LogP contribution in [0.3, 0.4) is 0 Å². The number of hydrogen-bond donors (Lipinski definition) is 2.